The van der Waals surface area contributed by atoms with Crippen LogP contribution in [0.4, 0.5) is 5.69 Å². The Balaban J connectivity index is 1.55. The van der Waals surface area contributed by atoms with Gasteiger partial charge in [-0.3, -0.25) is 4.79 Å². The summed E-state index contributed by atoms with van der Waals surface area (Å²) in [6.45, 7) is 0.527. The average molecular weight is 374 g/mol. The fourth-order valence-corrected chi connectivity index (χ4v) is 3.64. The van der Waals surface area contributed by atoms with Gasteiger partial charge in [-0.15, -0.1) is 11.3 Å². The number of amides is 1. The number of aromatic nitrogens is 1. The highest BCUT2D eigenvalue weighted by Crippen LogP contribution is 2.25. The van der Waals surface area contributed by atoms with Gasteiger partial charge in [0.15, 0.2) is 10.8 Å². The van der Waals surface area contributed by atoms with Crippen molar-refractivity contribution in [1.29, 1.82) is 0 Å². The molecule has 4 nitrogen and oxygen atoms in total. The molecule has 0 radical (unpaired) electrons. The second-order valence-electron chi connectivity index (χ2n) is 6.10. The second-order valence-corrected chi connectivity index (χ2v) is 6.96. The molecule has 0 N–H and O–H groups in total. The molecular formula is C22H18N2O2S. The molecular weight excluding hydrogens is 356 g/mol. The van der Waals surface area contributed by atoms with E-state index in [2.05, 4.69) is 4.98 Å². The third-order valence-corrected chi connectivity index (χ3v) is 5.07. The van der Waals surface area contributed by atoms with Crippen LogP contribution in [-0.4, -0.2) is 10.9 Å². The van der Waals surface area contributed by atoms with Crippen LogP contribution in [0.3, 0.4) is 0 Å². The highest BCUT2D eigenvalue weighted by molar-refractivity contribution is 7.13. The van der Waals surface area contributed by atoms with Crippen LogP contribution in [0.1, 0.15) is 11.3 Å². The Labute approximate surface area is 161 Å². The number of carbonyl (C=O) groups excluding carboxylic acids is 1. The zero-order chi connectivity index (χ0) is 18.5. The van der Waals surface area contributed by atoms with E-state index in [4.69, 9.17) is 4.42 Å². The molecule has 0 bridgehead atoms. The fraction of sp³-hybridized carbons (Fsp3) is 0.0909. The molecule has 2 aromatic heterocycles. The Kier molecular flexibility index (Phi) is 5.12. The number of rotatable bonds is 6. The summed E-state index contributed by atoms with van der Waals surface area (Å²) in [5, 5.41) is 2.71. The minimum absolute atomic E-state index is 0.0151. The lowest BCUT2D eigenvalue weighted by Crippen LogP contribution is -2.31. The van der Waals surface area contributed by atoms with Crippen LogP contribution in [0.5, 0.6) is 0 Å². The molecule has 4 rings (SSSR count). The summed E-state index contributed by atoms with van der Waals surface area (Å²) < 4.78 is 5.39. The van der Waals surface area contributed by atoms with Gasteiger partial charge in [0, 0.05) is 11.1 Å². The van der Waals surface area contributed by atoms with Crippen molar-refractivity contribution in [2.45, 2.75) is 13.0 Å². The fourth-order valence-electron chi connectivity index (χ4n) is 2.85. The number of thiazole rings is 1. The molecule has 0 saturated carbocycles. The van der Waals surface area contributed by atoms with Crippen molar-refractivity contribution in [3.8, 4) is 10.8 Å². The van der Waals surface area contributed by atoms with Crippen LogP contribution in [0.25, 0.3) is 10.8 Å². The first-order chi connectivity index (χ1) is 13.3. The predicted molar refractivity (Wildman–Crippen MR) is 108 cm³/mol. The maximum Gasteiger partial charge on any atom is 0.233 e. The van der Waals surface area contributed by atoms with Crippen molar-refractivity contribution in [3.05, 3.63) is 95.7 Å². The number of furan rings is 1. The third-order valence-electron chi connectivity index (χ3n) is 4.17. The van der Waals surface area contributed by atoms with E-state index in [-0.39, 0.29) is 12.3 Å². The SMILES string of the molecule is O=C(Cc1csc(-c2ccco2)n1)N(Cc1ccccc1)c1ccccc1. The lowest BCUT2D eigenvalue weighted by atomic mass is 10.1. The number of hydrogen-bond acceptors (Lipinski definition) is 4. The van der Waals surface area contributed by atoms with Crippen LogP contribution >= 0.6 is 11.3 Å². The van der Waals surface area contributed by atoms with Gasteiger partial charge in [0.25, 0.3) is 0 Å². The number of para-hydroxylation sites is 1. The van der Waals surface area contributed by atoms with E-state index in [1.54, 1.807) is 11.2 Å². The molecule has 0 atom stereocenters. The summed E-state index contributed by atoms with van der Waals surface area (Å²) in [6, 6.07) is 23.5. The number of carbonyl (C=O) groups is 1. The highest BCUT2D eigenvalue weighted by Gasteiger charge is 2.18. The quantitative estimate of drug-likeness (QED) is 0.467. The van der Waals surface area contributed by atoms with Crippen molar-refractivity contribution < 1.29 is 9.21 Å². The molecule has 0 aliphatic carbocycles. The van der Waals surface area contributed by atoms with Crippen LogP contribution in [0, 0.1) is 0 Å². The van der Waals surface area contributed by atoms with Crippen LogP contribution in [0.15, 0.2) is 88.9 Å². The number of hydrogen-bond donors (Lipinski definition) is 0. The minimum atomic E-state index is 0.0151. The number of anilines is 1. The Morgan fingerprint density at radius 3 is 2.41 bits per heavy atom. The van der Waals surface area contributed by atoms with Gasteiger partial charge in [-0.25, -0.2) is 4.98 Å². The lowest BCUT2D eigenvalue weighted by molar-refractivity contribution is -0.118. The first-order valence-electron chi connectivity index (χ1n) is 8.67. The Bertz CT molecular complexity index is 995. The van der Waals surface area contributed by atoms with Gasteiger partial charge >= 0.3 is 0 Å². The molecule has 0 saturated heterocycles. The van der Waals surface area contributed by atoms with E-state index in [9.17, 15) is 4.79 Å². The first-order valence-corrected chi connectivity index (χ1v) is 9.55. The van der Waals surface area contributed by atoms with E-state index in [1.807, 2.05) is 78.2 Å². The van der Waals surface area contributed by atoms with E-state index in [1.165, 1.54) is 11.3 Å². The highest BCUT2D eigenvalue weighted by atomic mass is 32.1. The summed E-state index contributed by atoms with van der Waals surface area (Å²) in [5.74, 6) is 0.740. The van der Waals surface area contributed by atoms with Gasteiger partial charge in [0.1, 0.15) is 0 Å². The molecule has 134 valence electrons. The molecule has 5 heteroatoms. The molecule has 1 amide bonds. The van der Waals surface area contributed by atoms with Gasteiger partial charge in [-0.1, -0.05) is 48.5 Å². The summed E-state index contributed by atoms with van der Waals surface area (Å²) in [5.41, 5.74) is 2.72. The Hall–Kier alpha value is -3.18. The van der Waals surface area contributed by atoms with Crippen molar-refractivity contribution in [1.82, 2.24) is 4.98 Å². The summed E-state index contributed by atoms with van der Waals surface area (Å²) in [7, 11) is 0. The predicted octanol–water partition coefficient (Wildman–Crippen LogP) is 5.18. The van der Waals surface area contributed by atoms with E-state index < -0.39 is 0 Å². The summed E-state index contributed by atoms with van der Waals surface area (Å²) >= 11 is 1.49. The van der Waals surface area contributed by atoms with Crippen molar-refractivity contribution in [3.63, 3.8) is 0 Å². The van der Waals surface area contributed by atoms with Gasteiger partial charge in [0.05, 0.1) is 24.9 Å². The molecule has 2 heterocycles. The Morgan fingerprint density at radius 1 is 0.963 bits per heavy atom. The zero-order valence-corrected chi connectivity index (χ0v) is 15.4. The van der Waals surface area contributed by atoms with E-state index in [0.29, 0.717) is 6.54 Å². The van der Waals surface area contributed by atoms with Gasteiger partial charge < -0.3 is 9.32 Å². The van der Waals surface area contributed by atoms with E-state index in [0.717, 1.165) is 27.7 Å². The molecule has 4 aromatic rings. The maximum absolute atomic E-state index is 13.1. The van der Waals surface area contributed by atoms with Gasteiger partial charge in [-0.05, 0) is 29.8 Å². The minimum Gasteiger partial charge on any atom is -0.462 e. The summed E-state index contributed by atoms with van der Waals surface area (Å²) in [4.78, 5) is 19.4. The van der Waals surface area contributed by atoms with Crippen LogP contribution in [-0.2, 0) is 17.8 Å². The normalized spacial score (nSPS) is 10.7. The molecule has 27 heavy (non-hydrogen) atoms. The van der Waals surface area contributed by atoms with Gasteiger partial charge in [-0.2, -0.15) is 0 Å². The summed E-state index contributed by atoms with van der Waals surface area (Å²) in [6.07, 6.45) is 1.87. The van der Waals surface area contributed by atoms with Crippen LogP contribution in [0.2, 0.25) is 0 Å². The average Bonchev–Trinajstić information content (AvgIpc) is 3.39. The zero-order valence-electron chi connectivity index (χ0n) is 14.6. The third kappa shape index (κ3) is 4.15. The van der Waals surface area contributed by atoms with Crippen molar-refractivity contribution in [2.24, 2.45) is 0 Å². The van der Waals surface area contributed by atoms with Gasteiger partial charge in [0.2, 0.25) is 5.91 Å². The maximum atomic E-state index is 13.1. The number of benzene rings is 2. The molecule has 0 fully saturated rings. The van der Waals surface area contributed by atoms with Crippen LogP contribution < -0.4 is 4.90 Å². The standard InChI is InChI=1S/C22H18N2O2S/c25-21(14-18-16-27-22(23-18)20-12-7-13-26-20)24(19-10-5-2-6-11-19)15-17-8-3-1-4-9-17/h1-13,16H,14-15H2. The smallest absolute Gasteiger partial charge is 0.233 e. The first kappa shape index (κ1) is 17.2. The number of nitrogens with zero attached hydrogens (tertiary/aromatic N) is 2. The molecule has 0 aliphatic heterocycles. The molecule has 0 spiro atoms. The molecule has 0 unspecified atom stereocenters. The largest absolute Gasteiger partial charge is 0.462 e. The monoisotopic (exact) mass is 374 g/mol. The lowest BCUT2D eigenvalue weighted by Gasteiger charge is -2.23. The van der Waals surface area contributed by atoms with Crippen molar-refractivity contribution in [2.75, 3.05) is 4.90 Å². The van der Waals surface area contributed by atoms with E-state index >= 15 is 0 Å². The molecule has 2 aromatic carbocycles. The van der Waals surface area contributed by atoms with Crippen molar-refractivity contribution >= 4 is 22.9 Å². The topological polar surface area (TPSA) is 46.3 Å². The molecule has 0 aliphatic rings. The Morgan fingerprint density at radius 2 is 1.70 bits per heavy atom. The second kappa shape index (κ2) is 8.01.